The lowest BCUT2D eigenvalue weighted by Crippen LogP contribution is -1.99. The minimum absolute atomic E-state index is 0.572. The summed E-state index contributed by atoms with van der Waals surface area (Å²) in [6.07, 6.45) is 0. The highest BCUT2D eigenvalue weighted by atomic mass is 35.5. The Morgan fingerprint density at radius 3 is 2.60 bits per heavy atom. The zero-order chi connectivity index (χ0) is 17.8. The first-order valence-electron chi connectivity index (χ1n) is 7.42. The topological polar surface area (TPSA) is 46.5 Å². The molecule has 3 aromatic rings. The molecule has 3 rings (SSSR count). The SMILES string of the molecule is COc1ccc(/C(C)=N/Nc2nc(-c3ccc(Cl)cc3Cl)cs2)cc1. The Labute approximate surface area is 160 Å². The molecule has 4 nitrogen and oxygen atoms in total. The lowest BCUT2D eigenvalue weighted by atomic mass is 10.1. The number of thiazole rings is 1. The number of benzene rings is 2. The molecule has 0 radical (unpaired) electrons. The molecule has 128 valence electrons. The number of rotatable bonds is 5. The first-order chi connectivity index (χ1) is 12.1. The quantitative estimate of drug-likeness (QED) is 0.430. The summed E-state index contributed by atoms with van der Waals surface area (Å²) >= 11 is 13.6. The standard InChI is InChI=1S/C18H15Cl2N3OS/c1-11(12-3-6-14(24-2)7-4-12)22-23-18-21-17(10-25-18)15-8-5-13(19)9-16(15)20/h3-10H,1-2H3,(H,21,23)/b22-11+. The molecule has 25 heavy (non-hydrogen) atoms. The summed E-state index contributed by atoms with van der Waals surface area (Å²) in [5.41, 5.74) is 6.47. The van der Waals surface area contributed by atoms with Crippen molar-refractivity contribution in [3.63, 3.8) is 0 Å². The van der Waals surface area contributed by atoms with Crippen LogP contribution in [0.1, 0.15) is 12.5 Å². The smallest absolute Gasteiger partial charge is 0.203 e. The molecule has 0 atom stereocenters. The lowest BCUT2D eigenvalue weighted by molar-refractivity contribution is 0.415. The van der Waals surface area contributed by atoms with E-state index >= 15 is 0 Å². The summed E-state index contributed by atoms with van der Waals surface area (Å²) < 4.78 is 5.16. The van der Waals surface area contributed by atoms with E-state index in [1.165, 1.54) is 11.3 Å². The first-order valence-corrected chi connectivity index (χ1v) is 9.06. The van der Waals surface area contributed by atoms with Gasteiger partial charge in [0.1, 0.15) is 5.75 Å². The second-order valence-electron chi connectivity index (χ2n) is 5.20. The van der Waals surface area contributed by atoms with Crippen LogP contribution in [-0.4, -0.2) is 17.8 Å². The van der Waals surface area contributed by atoms with Gasteiger partial charge in [0, 0.05) is 16.0 Å². The van der Waals surface area contributed by atoms with Crippen molar-refractivity contribution in [2.24, 2.45) is 5.10 Å². The number of anilines is 1. The Morgan fingerprint density at radius 2 is 1.92 bits per heavy atom. The van der Waals surface area contributed by atoms with Crippen LogP contribution >= 0.6 is 34.5 Å². The average Bonchev–Trinajstić information content (AvgIpc) is 3.08. The van der Waals surface area contributed by atoms with Gasteiger partial charge in [-0.2, -0.15) is 5.10 Å². The van der Waals surface area contributed by atoms with Crippen molar-refractivity contribution in [3.8, 4) is 17.0 Å². The molecule has 0 aliphatic carbocycles. The van der Waals surface area contributed by atoms with Gasteiger partial charge in [0.15, 0.2) is 0 Å². The third-order valence-corrected chi connectivity index (χ3v) is 4.83. The molecule has 0 spiro atoms. The van der Waals surface area contributed by atoms with Gasteiger partial charge in [-0.1, -0.05) is 23.2 Å². The monoisotopic (exact) mass is 391 g/mol. The largest absolute Gasteiger partial charge is 0.497 e. The third kappa shape index (κ3) is 4.31. The Kier molecular flexibility index (Phi) is 5.58. The maximum Gasteiger partial charge on any atom is 0.203 e. The molecule has 7 heteroatoms. The van der Waals surface area contributed by atoms with Crippen molar-refractivity contribution >= 4 is 45.4 Å². The first kappa shape index (κ1) is 17.7. The summed E-state index contributed by atoms with van der Waals surface area (Å²) in [5.74, 6) is 0.814. The highest BCUT2D eigenvalue weighted by Gasteiger charge is 2.09. The van der Waals surface area contributed by atoms with E-state index in [4.69, 9.17) is 27.9 Å². The zero-order valence-corrected chi connectivity index (χ0v) is 15.9. The van der Waals surface area contributed by atoms with Crippen molar-refractivity contribution in [2.45, 2.75) is 6.92 Å². The second-order valence-corrected chi connectivity index (χ2v) is 6.90. The van der Waals surface area contributed by atoms with E-state index < -0.39 is 0 Å². The third-order valence-electron chi connectivity index (χ3n) is 3.54. The molecular formula is C18H15Cl2N3OS. The summed E-state index contributed by atoms with van der Waals surface area (Å²) in [4.78, 5) is 4.52. The molecule has 1 aromatic heterocycles. The number of methoxy groups -OCH3 is 1. The van der Waals surface area contributed by atoms with Crippen LogP contribution in [-0.2, 0) is 0 Å². The van der Waals surface area contributed by atoms with Crippen molar-refractivity contribution in [1.82, 2.24) is 4.98 Å². The van der Waals surface area contributed by atoms with Crippen LogP contribution in [0.5, 0.6) is 5.75 Å². The van der Waals surface area contributed by atoms with Gasteiger partial charge < -0.3 is 4.74 Å². The Morgan fingerprint density at radius 1 is 1.16 bits per heavy atom. The summed E-state index contributed by atoms with van der Waals surface area (Å²) in [6.45, 7) is 1.93. The van der Waals surface area contributed by atoms with Crippen LogP contribution in [0.15, 0.2) is 52.9 Å². The number of nitrogens with one attached hydrogen (secondary N) is 1. The van der Waals surface area contributed by atoms with Gasteiger partial charge in [-0.3, -0.25) is 5.43 Å². The van der Waals surface area contributed by atoms with Crippen LogP contribution in [0.25, 0.3) is 11.3 Å². The molecule has 2 aromatic carbocycles. The fourth-order valence-corrected chi connectivity index (χ4v) is 3.33. The molecule has 1 N–H and O–H groups in total. The van der Waals surface area contributed by atoms with Gasteiger partial charge in [-0.15, -0.1) is 11.3 Å². The van der Waals surface area contributed by atoms with E-state index in [0.29, 0.717) is 15.2 Å². The second kappa shape index (κ2) is 7.87. The van der Waals surface area contributed by atoms with E-state index in [0.717, 1.165) is 28.3 Å². The van der Waals surface area contributed by atoms with E-state index in [-0.39, 0.29) is 0 Å². The number of ether oxygens (including phenoxy) is 1. The molecule has 0 aliphatic heterocycles. The molecule has 0 aliphatic rings. The maximum atomic E-state index is 6.23. The molecule has 0 saturated carbocycles. The molecule has 0 amide bonds. The molecule has 0 saturated heterocycles. The molecule has 1 heterocycles. The number of aromatic nitrogens is 1. The Bertz CT molecular complexity index is 907. The Balaban J connectivity index is 1.74. The van der Waals surface area contributed by atoms with Gasteiger partial charge in [-0.25, -0.2) is 4.98 Å². The minimum atomic E-state index is 0.572. The van der Waals surface area contributed by atoms with Crippen molar-refractivity contribution in [1.29, 1.82) is 0 Å². The van der Waals surface area contributed by atoms with E-state index in [1.54, 1.807) is 19.2 Å². The highest BCUT2D eigenvalue weighted by Crippen LogP contribution is 2.32. The fourth-order valence-electron chi connectivity index (χ4n) is 2.17. The van der Waals surface area contributed by atoms with Crippen LogP contribution < -0.4 is 10.2 Å². The summed E-state index contributed by atoms with van der Waals surface area (Å²) in [7, 11) is 1.64. The van der Waals surface area contributed by atoms with Crippen LogP contribution in [0.3, 0.4) is 0 Å². The van der Waals surface area contributed by atoms with Gasteiger partial charge >= 0.3 is 0 Å². The van der Waals surface area contributed by atoms with Gasteiger partial charge in [0.25, 0.3) is 0 Å². The lowest BCUT2D eigenvalue weighted by Gasteiger charge is -2.03. The zero-order valence-electron chi connectivity index (χ0n) is 13.6. The number of halogens is 2. The molecule has 0 unspecified atom stereocenters. The van der Waals surface area contributed by atoms with Crippen LogP contribution in [0, 0.1) is 0 Å². The van der Waals surface area contributed by atoms with E-state index in [2.05, 4.69) is 15.5 Å². The van der Waals surface area contributed by atoms with Gasteiger partial charge in [0.05, 0.1) is 23.5 Å². The molecule has 0 fully saturated rings. The number of hydrazone groups is 1. The van der Waals surface area contributed by atoms with Gasteiger partial charge in [0.2, 0.25) is 5.13 Å². The van der Waals surface area contributed by atoms with E-state index in [1.807, 2.05) is 42.6 Å². The molecular weight excluding hydrogens is 377 g/mol. The molecule has 0 bridgehead atoms. The van der Waals surface area contributed by atoms with Gasteiger partial charge in [-0.05, 0) is 55.0 Å². The summed E-state index contributed by atoms with van der Waals surface area (Å²) in [6, 6.07) is 13.1. The Hall–Kier alpha value is -2.08. The van der Waals surface area contributed by atoms with Crippen LogP contribution in [0.2, 0.25) is 10.0 Å². The normalized spacial score (nSPS) is 11.4. The number of hydrogen-bond acceptors (Lipinski definition) is 5. The fraction of sp³-hybridized carbons (Fsp3) is 0.111. The average molecular weight is 392 g/mol. The maximum absolute atomic E-state index is 6.23. The van der Waals surface area contributed by atoms with Crippen LogP contribution in [0.4, 0.5) is 5.13 Å². The predicted octanol–water partition coefficient (Wildman–Crippen LogP) is 5.96. The van der Waals surface area contributed by atoms with Crippen molar-refractivity contribution in [2.75, 3.05) is 12.5 Å². The number of nitrogens with zero attached hydrogens (tertiary/aromatic N) is 2. The van der Waals surface area contributed by atoms with Crippen molar-refractivity contribution in [3.05, 3.63) is 63.5 Å². The minimum Gasteiger partial charge on any atom is -0.497 e. The number of hydrogen-bond donors (Lipinski definition) is 1. The van der Waals surface area contributed by atoms with Crippen molar-refractivity contribution < 1.29 is 4.74 Å². The predicted molar refractivity (Wildman–Crippen MR) is 106 cm³/mol. The van der Waals surface area contributed by atoms with E-state index in [9.17, 15) is 0 Å². The summed E-state index contributed by atoms with van der Waals surface area (Å²) in [5, 5.41) is 8.17. The highest BCUT2D eigenvalue weighted by molar-refractivity contribution is 7.14.